The van der Waals surface area contributed by atoms with E-state index in [1.54, 1.807) is 12.3 Å². The molecule has 2 aliphatic rings. The molecule has 2 fully saturated rings. The molecule has 1 aliphatic carbocycles. The number of aromatic nitrogens is 3. The van der Waals surface area contributed by atoms with Gasteiger partial charge in [0.2, 0.25) is 11.9 Å². The Morgan fingerprint density at radius 2 is 1.82 bits per heavy atom. The monoisotopic (exact) mass is 572 g/mol. The molecular formula is C27H30Cl2N6O4. The van der Waals surface area contributed by atoms with Crippen molar-refractivity contribution in [1.29, 1.82) is 0 Å². The van der Waals surface area contributed by atoms with Crippen molar-refractivity contribution in [2.24, 2.45) is 5.92 Å². The smallest absolute Gasteiger partial charge is 0.243 e. The second-order valence-electron chi connectivity index (χ2n) is 9.65. The second kappa shape index (κ2) is 11.4. The summed E-state index contributed by atoms with van der Waals surface area (Å²) in [5.41, 5.74) is 1.65. The van der Waals surface area contributed by atoms with Gasteiger partial charge in [0.1, 0.15) is 17.0 Å². The van der Waals surface area contributed by atoms with Crippen molar-refractivity contribution in [3.63, 3.8) is 0 Å². The van der Waals surface area contributed by atoms with Crippen molar-refractivity contribution in [1.82, 2.24) is 20.3 Å². The molecule has 3 N–H and O–H groups in total. The summed E-state index contributed by atoms with van der Waals surface area (Å²) in [6.07, 6.45) is 5.28. The van der Waals surface area contributed by atoms with Crippen LogP contribution in [0.1, 0.15) is 19.8 Å². The lowest BCUT2D eigenvalue weighted by atomic mass is 10.1. The molecule has 0 bridgehead atoms. The summed E-state index contributed by atoms with van der Waals surface area (Å²) >= 11 is 13.4. The Balaban J connectivity index is 1.56. The molecule has 39 heavy (non-hydrogen) atoms. The van der Waals surface area contributed by atoms with Crippen LogP contribution in [0, 0.1) is 5.92 Å². The van der Waals surface area contributed by atoms with Gasteiger partial charge in [0.25, 0.3) is 0 Å². The number of nitrogens with zero attached hydrogens (tertiary/aromatic N) is 3. The molecule has 206 valence electrons. The average molecular weight is 573 g/mol. The largest absolute Gasteiger partial charge is 0.495 e. The van der Waals surface area contributed by atoms with Crippen LogP contribution in [0.5, 0.6) is 11.5 Å². The van der Waals surface area contributed by atoms with E-state index in [-0.39, 0.29) is 24.0 Å². The summed E-state index contributed by atoms with van der Waals surface area (Å²) in [7, 11) is 3.06. The van der Waals surface area contributed by atoms with E-state index in [0.717, 1.165) is 18.2 Å². The van der Waals surface area contributed by atoms with Crippen LogP contribution >= 0.6 is 23.2 Å². The number of amides is 1. The highest BCUT2D eigenvalue weighted by Gasteiger charge is 2.31. The lowest BCUT2D eigenvalue weighted by molar-refractivity contribution is -0.117. The lowest BCUT2D eigenvalue weighted by Crippen LogP contribution is -2.45. The predicted octanol–water partition coefficient (Wildman–Crippen LogP) is 4.71. The maximum absolute atomic E-state index is 11.8. The van der Waals surface area contributed by atoms with E-state index in [4.69, 9.17) is 47.4 Å². The summed E-state index contributed by atoms with van der Waals surface area (Å²) < 4.78 is 16.5. The number of carbonyl (C=O) groups is 1. The third-order valence-electron chi connectivity index (χ3n) is 7.00. The average Bonchev–Trinajstić information content (AvgIpc) is 3.70. The van der Waals surface area contributed by atoms with Gasteiger partial charge in [-0.2, -0.15) is 0 Å². The number of carbonyl (C=O) groups excluding carboxylic acids is 1. The Bertz CT molecular complexity index is 1390. The number of methoxy groups -OCH3 is 2. The fourth-order valence-electron chi connectivity index (χ4n) is 4.62. The van der Waals surface area contributed by atoms with Crippen molar-refractivity contribution in [2.45, 2.75) is 37.9 Å². The maximum Gasteiger partial charge on any atom is 0.243 e. The molecule has 1 aliphatic heterocycles. The molecule has 3 aromatic rings. The van der Waals surface area contributed by atoms with Crippen LogP contribution in [0.15, 0.2) is 31.0 Å². The van der Waals surface area contributed by atoms with Crippen molar-refractivity contribution < 1.29 is 19.0 Å². The molecule has 3 atom stereocenters. The molecule has 0 spiro atoms. The quantitative estimate of drug-likeness (QED) is 0.297. The molecule has 0 radical (unpaired) electrons. The first-order valence-corrected chi connectivity index (χ1v) is 13.4. The SMILES string of the molecule is C=CC(=O)N[C@H]1COCC1Nc1ncc2cc(-c3c(Cl)c(OC)cc(OC)c3Cl)nc(N[C@H](C)C3CC3)c2n1. The van der Waals surface area contributed by atoms with Gasteiger partial charge >= 0.3 is 0 Å². The van der Waals surface area contributed by atoms with Gasteiger partial charge in [-0.05, 0) is 37.8 Å². The topological polar surface area (TPSA) is 120 Å². The lowest BCUT2D eigenvalue weighted by Gasteiger charge is -2.21. The van der Waals surface area contributed by atoms with E-state index in [2.05, 4.69) is 34.4 Å². The Hall–Kier alpha value is -3.34. The molecule has 3 heterocycles. The van der Waals surface area contributed by atoms with Crippen LogP contribution in [-0.4, -0.2) is 66.4 Å². The van der Waals surface area contributed by atoms with Gasteiger partial charge in [-0.25, -0.2) is 15.0 Å². The Kier molecular flexibility index (Phi) is 7.97. The van der Waals surface area contributed by atoms with Gasteiger partial charge in [0.05, 0.1) is 55.3 Å². The van der Waals surface area contributed by atoms with Gasteiger partial charge in [-0.3, -0.25) is 4.79 Å². The fourth-order valence-corrected chi connectivity index (χ4v) is 5.32. The predicted molar refractivity (Wildman–Crippen MR) is 152 cm³/mol. The number of ether oxygens (including phenoxy) is 3. The first kappa shape index (κ1) is 27.2. The molecule has 12 heteroatoms. The summed E-state index contributed by atoms with van der Waals surface area (Å²) in [5.74, 6) is 2.12. The van der Waals surface area contributed by atoms with Crippen LogP contribution in [0.25, 0.3) is 22.2 Å². The van der Waals surface area contributed by atoms with Gasteiger partial charge < -0.3 is 30.2 Å². The fraction of sp³-hybridized carbons (Fsp3) is 0.407. The van der Waals surface area contributed by atoms with E-state index < -0.39 is 0 Å². The number of hydrogen-bond acceptors (Lipinski definition) is 9. The van der Waals surface area contributed by atoms with E-state index in [1.807, 2.05) is 6.07 Å². The summed E-state index contributed by atoms with van der Waals surface area (Å²) in [6, 6.07) is 3.22. The number of benzene rings is 1. The Morgan fingerprint density at radius 1 is 1.13 bits per heavy atom. The first-order chi connectivity index (χ1) is 18.8. The van der Waals surface area contributed by atoms with Gasteiger partial charge in [0.15, 0.2) is 5.82 Å². The van der Waals surface area contributed by atoms with Crippen LogP contribution in [0.4, 0.5) is 11.8 Å². The van der Waals surface area contributed by atoms with Crippen LogP contribution in [-0.2, 0) is 9.53 Å². The molecule has 1 aromatic carbocycles. The normalized spacial score (nSPS) is 19.4. The third-order valence-corrected chi connectivity index (χ3v) is 7.75. The van der Waals surface area contributed by atoms with E-state index in [0.29, 0.717) is 69.2 Å². The van der Waals surface area contributed by atoms with Gasteiger partial charge in [-0.15, -0.1) is 0 Å². The standard InChI is InChI=1S/C27H30Cl2N6O4/c1-5-21(36)32-17-11-39-12-18(17)34-27-30-10-15-8-16(22-23(28)19(37-3)9-20(38-4)24(22)29)33-26(25(15)35-27)31-13(2)14-6-7-14/h5,8-10,13-14,17-18H,1,6-7,11-12H2,2-4H3,(H,31,33)(H,32,36)(H,30,34,35)/t13-,17+,18?/m1/s1. The summed E-state index contributed by atoms with van der Waals surface area (Å²) in [4.78, 5) is 26.1. The van der Waals surface area contributed by atoms with Crippen molar-refractivity contribution in [3.05, 3.63) is 41.0 Å². The van der Waals surface area contributed by atoms with Crippen molar-refractivity contribution in [3.8, 4) is 22.8 Å². The van der Waals surface area contributed by atoms with E-state index in [9.17, 15) is 4.79 Å². The highest BCUT2D eigenvalue weighted by atomic mass is 35.5. The molecule has 1 unspecified atom stereocenters. The molecular weight excluding hydrogens is 543 g/mol. The van der Waals surface area contributed by atoms with Crippen molar-refractivity contribution >= 4 is 51.8 Å². The minimum Gasteiger partial charge on any atom is -0.495 e. The molecule has 10 nitrogen and oxygen atoms in total. The molecule has 5 rings (SSSR count). The summed E-state index contributed by atoms with van der Waals surface area (Å²) in [5, 5.41) is 11.1. The number of rotatable bonds is 10. The number of hydrogen-bond donors (Lipinski definition) is 3. The molecule has 1 saturated heterocycles. The minimum absolute atomic E-state index is 0.190. The zero-order chi connectivity index (χ0) is 27.7. The van der Waals surface area contributed by atoms with Crippen LogP contribution in [0.2, 0.25) is 10.0 Å². The highest BCUT2D eigenvalue weighted by molar-refractivity contribution is 6.41. The molecule has 1 amide bonds. The number of halogens is 2. The Labute approximate surface area is 236 Å². The van der Waals surface area contributed by atoms with Crippen LogP contribution in [0.3, 0.4) is 0 Å². The number of fused-ring (bicyclic) bond motifs is 1. The molecule has 2 aromatic heterocycles. The zero-order valence-electron chi connectivity index (χ0n) is 21.9. The van der Waals surface area contributed by atoms with Gasteiger partial charge in [0, 0.05) is 29.3 Å². The summed E-state index contributed by atoms with van der Waals surface area (Å²) in [6.45, 7) is 6.43. The zero-order valence-corrected chi connectivity index (χ0v) is 23.4. The minimum atomic E-state index is -0.263. The van der Waals surface area contributed by atoms with E-state index in [1.165, 1.54) is 20.3 Å². The van der Waals surface area contributed by atoms with E-state index >= 15 is 0 Å². The number of nitrogens with one attached hydrogen (secondary N) is 3. The third kappa shape index (κ3) is 5.68. The second-order valence-corrected chi connectivity index (χ2v) is 10.4. The first-order valence-electron chi connectivity index (χ1n) is 12.6. The van der Waals surface area contributed by atoms with Gasteiger partial charge in [-0.1, -0.05) is 29.8 Å². The molecule has 1 saturated carbocycles. The number of anilines is 2. The van der Waals surface area contributed by atoms with Crippen molar-refractivity contribution in [2.75, 3.05) is 38.1 Å². The number of pyridine rings is 1. The van der Waals surface area contributed by atoms with Crippen LogP contribution < -0.4 is 25.4 Å². The highest BCUT2D eigenvalue weighted by Crippen LogP contribution is 2.46. The Morgan fingerprint density at radius 3 is 2.46 bits per heavy atom. The maximum atomic E-state index is 11.8.